The molecular formula is C13H17NO3. The van der Waals surface area contributed by atoms with E-state index < -0.39 is 6.10 Å². The maximum Gasteiger partial charge on any atom is 0.244 e. The monoisotopic (exact) mass is 235 g/mol. The summed E-state index contributed by atoms with van der Waals surface area (Å²) < 4.78 is 4.75. The van der Waals surface area contributed by atoms with Gasteiger partial charge in [0.1, 0.15) is 0 Å². The van der Waals surface area contributed by atoms with Crippen LogP contribution in [-0.4, -0.2) is 37.4 Å². The van der Waals surface area contributed by atoms with Gasteiger partial charge in [0.15, 0.2) is 0 Å². The van der Waals surface area contributed by atoms with E-state index >= 15 is 0 Å². The molecule has 4 nitrogen and oxygen atoms in total. The predicted octanol–water partition coefficient (Wildman–Crippen LogP) is 0.823. The molecule has 0 aliphatic heterocycles. The molecule has 0 radical (unpaired) electrons. The van der Waals surface area contributed by atoms with Crippen molar-refractivity contribution in [3.05, 3.63) is 42.0 Å². The molecule has 0 aliphatic carbocycles. The van der Waals surface area contributed by atoms with E-state index in [9.17, 15) is 9.90 Å². The van der Waals surface area contributed by atoms with Gasteiger partial charge in [0.25, 0.3) is 0 Å². The molecule has 4 heteroatoms. The predicted molar refractivity (Wildman–Crippen MR) is 66.4 cm³/mol. The zero-order valence-electron chi connectivity index (χ0n) is 9.80. The summed E-state index contributed by atoms with van der Waals surface area (Å²) >= 11 is 0. The normalized spacial score (nSPS) is 12.6. The highest BCUT2D eigenvalue weighted by molar-refractivity contribution is 5.91. The molecule has 0 aromatic heterocycles. The van der Waals surface area contributed by atoms with Gasteiger partial charge in [0.05, 0.1) is 12.7 Å². The van der Waals surface area contributed by atoms with E-state index in [-0.39, 0.29) is 19.1 Å². The summed E-state index contributed by atoms with van der Waals surface area (Å²) in [5.41, 5.74) is 0.958. The van der Waals surface area contributed by atoms with E-state index in [0.717, 1.165) is 5.56 Å². The lowest BCUT2D eigenvalue weighted by Crippen LogP contribution is -2.33. The smallest absolute Gasteiger partial charge is 0.244 e. The minimum absolute atomic E-state index is 0.186. The average Bonchev–Trinajstić information content (AvgIpc) is 2.35. The van der Waals surface area contributed by atoms with Crippen molar-refractivity contribution in [1.82, 2.24) is 5.32 Å². The Morgan fingerprint density at radius 2 is 2.18 bits per heavy atom. The van der Waals surface area contributed by atoms with Crippen LogP contribution in [0.4, 0.5) is 0 Å². The highest BCUT2D eigenvalue weighted by atomic mass is 16.5. The first kappa shape index (κ1) is 13.4. The molecule has 1 rings (SSSR count). The SMILES string of the molecule is COCC(O)CNC(=O)/C=C/c1ccccc1. The lowest BCUT2D eigenvalue weighted by Gasteiger charge is -2.08. The van der Waals surface area contributed by atoms with Crippen LogP contribution < -0.4 is 5.32 Å². The fourth-order valence-corrected chi connectivity index (χ4v) is 1.26. The zero-order valence-corrected chi connectivity index (χ0v) is 9.80. The van der Waals surface area contributed by atoms with Crippen LogP contribution >= 0.6 is 0 Å². The molecule has 2 N–H and O–H groups in total. The third-order valence-electron chi connectivity index (χ3n) is 2.10. The van der Waals surface area contributed by atoms with E-state index in [1.54, 1.807) is 6.08 Å². The largest absolute Gasteiger partial charge is 0.389 e. The number of carbonyl (C=O) groups is 1. The molecule has 1 amide bonds. The summed E-state index contributed by atoms with van der Waals surface area (Å²) in [6.07, 6.45) is 2.49. The van der Waals surface area contributed by atoms with Crippen molar-refractivity contribution in [3.8, 4) is 0 Å². The number of methoxy groups -OCH3 is 1. The summed E-state index contributed by atoms with van der Waals surface area (Å²) in [4.78, 5) is 11.4. The van der Waals surface area contributed by atoms with Gasteiger partial charge in [-0.3, -0.25) is 4.79 Å². The molecule has 0 saturated heterocycles. The van der Waals surface area contributed by atoms with E-state index in [4.69, 9.17) is 4.74 Å². The Labute approximate surface area is 101 Å². The maximum atomic E-state index is 11.4. The van der Waals surface area contributed by atoms with Crippen molar-refractivity contribution in [1.29, 1.82) is 0 Å². The fourth-order valence-electron chi connectivity index (χ4n) is 1.26. The van der Waals surface area contributed by atoms with Gasteiger partial charge in [0.2, 0.25) is 5.91 Å². The van der Waals surface area contributed by atoms with Crippen molar-refractivity contribution < 1.29 is 14.6 Å². The number of rotatable bonds is 6. The summed E-state index contributed by atoms with van der Waals surface area (Å²) in [6.45, 7) is 0.397. The Hall–Kier alpha value is -1.65. The summed E-state index contributed by atoms with van der Waals surface area (Å²) in [5.74, 6) is -0.232. The Morgan fingerprint density at radius 1 is 1.47 bits per heavy atom. The van der Waals surface area contributed by atoms with Crippen molar-refractivity contribution >= 4 is 12.0 Å². The van der Waals surface area contributed by atoms with E-state index in [2.05, 4.69) is 5.32 Å². The topological polar surface area (TPSA) is 58.6 Å². The summed E-state index contributed by atoms with van der Waals surface area (Å²) in [7, 11) is 1.50. The number of aliphatic hydroxyl groups is 1. The van der Waals surface area contributed by atoms with Gasteiger partial charge in [-0.25, -0.2) is 0 Å². The Bertz CT molecular complexity index is 362. The number of benzene rings is 1. The van der Waals surface area contributed by atoms with Crippen molar-refractivity contribution in [3.63, 3.8) is 0 Å². The van der Waals surface area contributed by atoms with Crippen molar-refractivity contribution in [2.24, 2.45) is 0 Å². The molecule has 0 spiro atoms. The molecular weight excluding hydrogens is 218 g/mol. The zero-order chi connectivity index (χ0) is 12.5. The molecule has 1 aromatic rings. The Balaban J connectivity index is 2.32. The van der Waals surface area contributed by atoms with Crippen molar-refractivity contribution in [2.75, 3.05) is 20.3 Å². The third kappa shape index (κ3) is 5.85. The first-order chi connectivity index (χ1) is 8.22. The van der Waals surface area contributed by atoms with Gasteiger partial charge >= 0.3 is 0 Å². The van der Waals surface area contributed by atoms with Gasteiger partial charge < -0.3 is 15.2 Å². The number of carbonyl (C=O) groups excluding carboxylic acids is 1. The molecule has 0 aliphatic rings. The lowest BCUT2D eigenvalue weighted by atomic mass is 10.2. The standard InChI is InChI=1S/C13H17NO3/c1-17-10-12(15)9-14-13(16)8-7-11-5-3-2-4-6-11/h2-8,12,15H,9-10H2,1H3,(H,14,16)/b8-7+. The van der Waals surface area contributed by atoms with Crippen LogP contribution in [0.2, 0.25) is 0 Å². The van der Waals surface area contributed by atoms with Crippen LogP contribution in [-0.2, 0) is 9.53 Å². The quantitative estimate of drug-likeness (QED) is 0.718. The molecule has 1 unspecified atom stereocenters. The second kappa shape index (κ2) is 7.60. The summed E-state index contributed by atoms with van der Waals surface area (Å²) in [6, 6.07) is 9.53. The number of hydrogen-bond acceptors (Lipinski definition) is 3. The number of nitrogens with one attached hydrogen (secondary N) is 1. The van der Waals surface area contributed by atoms with Gasteiger partial charge in [0, 0.05) is 19.7 Å². The third-order valence-corrected chi connectivity index (χ3v) is 2.10. The maximum absolute atomic E-state index is 11.4. The van der Waals surface area contributed by atoms with Crippen LogP contribution in [0.1, 0.15) is 5.56 Å². The molecule has 0 fully saturated rings. The minimum atomic E-state index is -0.672. The van der Waals surface area contributed by atoms with Crippen LogP contribution in [0.15, 0.2) is 36.4 Å². The van der Waals surface area contributed by atoms with Gasteiger partial charge in [-0.15, -0.1) is 0 Å². The van der Waals surface area contributed by atoms with Crippen LogP contribution in [0, 0.1) is 0 Å². The Kier molecular flexibility index (Phi) is 5.99. The first-order valence-electron chi connectivity index (χ1n) is 5.40. The average molecular weight is 235 g/mol. The van der Waals surface area contributed by atoms with Gasteiger partial charge in [-0.1, -0.05) is 30.3 Å². The van der Waals surface area contributed by atoms with Gasteiger partial charge in [-0.2, -0.15) is 0 Å². The molecule has 92 valence electrons. The summed E-state index contributed by atoms with van der Waals surface area (Å²) in [5, 5.41) is 11.9. The number of hydrogen-bond donors (Lipinski definition) is 2. The molecule has 1 aromatic carbocycles. The van der Waals surface area contributed by atoms with Crippen LogP contribution in [0.25, 0.3) is 6.08 Å². The second-order valence-electron chi connectivity index (χ2n) is 3.60. The van der Waals surface area contributed by atoms with E-state index in [0.29, 0.717) is 0 Å². The molecule has 1 atom stereocenters. The molecule has 0 heterocycles. The van der Waals surface area contributed by atoms with Crippen molar-refractivity contribution in [2.45, 2.75) is 6.10 Å². The highest BCUT2D eigenvalue weighted by Gasteiger charge is 2.03. The number of ether oxygens (including phenoxy) is 1. The van der Waals surface area contributed by atoms with E-state index in [1.807, 2.05) is 30.3 Å². The second-order valence-corrected chi connectivity index (χ2v) is 3.60. The van der Waals surface area contributed by atoms with Gasteiger partial charge in [-0.05, 0) is 11.6 Å². The first-order valence-corrected chi connectivity index (χ1v) is 5.40. The van der Waals surface area contributed by atoms with E-state index in [1.165, 1.54) is 13.2 Å². The molecule has 0 bridgehead atoms. The van der Waals surface area contributed by atoms with Crippen LogP contribution in [0.3, 0.4) is 0 Å². The molecule has 0 saturated carbocycles. The fraction of sp³-hybridized carbons (Fsp3) is 0.308. The molecule has 17 heavy (non-hydrogen) atoms. The Morgan fingerprint density at radius 3 is 2.82 bits per heavy atom. The number of amides is 1. The highest BCUT2D eigenvalue weighted by Crippen LogP contribution is 2.00. The number of aliphatic hydroxyl groups excluding tert-OH is 1. The lowest BCUT2D eigenvalue weighted by molar-refractivity contribution is -0.117. The van der Waals surface area contributed by atoms with Crippen LogP contribution in [0.5, 0.6) is 0 Å². The minimum Gasteiger partial charge on any atom is -0.389 e.